The van der Waals surface area contributed by atoms with Gasteiger partial charge in [0.2, 0.25) is 5.88 Å². The summed E-state index contributed by atoms with van der Waals surface area (Å²) in [7, 11) is 0. The molecule has 0 aliphatic heterocycles. The van der Waals surface area contributed by atoms with Crippen LogP contribution in [0.3, 0.4) is 0 Å². The van der Waals surface area contributed by atoms with Crippen molar-refractivity contribution in [2.45, 2.75) is 19.9 Å². The van der Waals surface area contributed by atoms with Crippen molar-refractivity contribution in [2.24, 2.45) is 5.73 Å². The normalized spacial score (nSPS) is 12.2. The summed E-state index contributed by atoms with van der Waals surface area (Å²) in [5.41, 5.74) is 8.85. The second kappa shape index (κ2) is 6.04. The summed E-state index contributed by atoms with van der Waals surface area (Å²) >= 11 is 6.01. The maximum atomic E-state index is 6.01. The number of nitrogens with two attached hydrogens (primary N) is 1. The van der Waals surface area contributed by atoms with Gasteiger partial charge in [-0.15, -0.1) is 0 Å². The van der Waals surface area contributed by atoms with E-state index >= 15 is 0 Å². The first-order valence-corrected chi connectivity index (χ1v) is 6.64. The summed E-state index contributed by atoms with van der Waals surface area (Å²) in [6.07, 6.45) is 1.59. The van der Waals surface area contributed by atoms with Crippen LogP contribution in [0.1, 0.15) is 25.5 Å². The topological polar surface area (TPSA) is 48.1 Å². The van der Waals surface area contributed by atoms with E-state index in [1.807, 2.05) is 44.2 Å². The van der Waals surface area contributed by atoms with Gasteiger partial charge in [0.25, 0.3) is 0 Å². The number of rotatable bonds is 4. The van der Waals surface area contributed by atoms with Crippen LogP contribution >= 0.6 is 11.6 Å². The third kappa shape index (κ3) is 3.25. The maximum absolute atomic E-state index is 6.01. The lowest BCUT2D eigenvalue weighted by Crippen LogP contribution is -2.04. The largest absolute Gasteiger partial charge is 0.478 e. The van der Waals surface area contributed by atoms with Crippen molar-refractivity contribution in [1.82, 2.24) is 4.98 Å². The third-order valence-electron chi connectivity index (χ3n) is 2.85. The van der Waals surface area contributed by atoms with E-state index in [0.29, 0.717) is 17.5 Å². The molecule has 19 heavy (non-hydrogen) atoms. The Morgan fingerprint density at radius 2 is 2.00 bits per heavy atom. The van der Waals surface area contributed by atoms with Gasteiger partial charge in [0.15, 0.2) is 0 Å². The third-order valence-corrected chi connectivity index (χ3v) is 3.05. The first kappa shape index (κ1) is 13.8. The fourth-order valence-corrected chi connectivity index (χ4v) is 2.01. The molecule has 2 N–H and O–H groups in total. The molecule has 0 fully saturated rings. The van der Waals surface area contributed by atoms with Crippen molar-refractivity contribution < 1.29 is 4.74 Å². The molecule has 1 heterocycles. The van der Waals surface area contributed by atoms with Gasteiger partial charge in [-0.25, -0.2) is 4.98 Å². The molecule has 0 spiro atoms. The summed E-state index contributed by atoms with van der Waals surface area (Å²) in [5, 5.41) is 0.592. The Morgan fingerprint density at radius 3 is 2.58 bits per heavy atom. The molecule has 0 radical (unpaired) electrons. The van der Waals surface area contributed by atoms with Crippen LogP contribution < -0.4 is 10.5 Å². The van der Waals surface area contributed by atoms with E-state index in [2.05, 4.69) is 4.98 Å². The van der Waals surface area contributed by atoms with Crippen LogP contribution in [-0.2, 0) is 0 Å². The molecule has 1 aromatic carbocycles. The van der Waals surface area contributed by atoms with Crippen molar-refractivity contribution in [3.63, 3.8) is 0 Å². The Balaban J connectivity index is 2.42. The summed E-state index contributed by atoms with van der Waals surface area (Å²) in [4.78, 5) is 4.22. The number of nitrogens with zero attached hydrogens (tertiary/aromatic N) is 1. The van der Waals surface area contributed by atoms with Gasteiger partial charge in [0.1, 0.15) is 0 Å². The minimum Gasteiger partial charge on any atom is -0.478 e. The quantitative estimate of drug-likeness (QED) is 0.923. The predicted molar refractivity (Wildman–Crippen MR) is 78.5 cm³/mol. The van der Waals surface area contributed by atoms with E-state index in [4.69, 9.17) is 22.1 Å². The summed E-state index contributed by atoms with van der Waals surface area (Å²) < 4.78 is 5.53. The fourth-order valence-electron chi connectivity index (χ4n) is 1.85. The molecule has 0 aliphatic rings. The zero-order valence-corrected chi connectivity index (χ0v) is 11.8. The Morgan fingerprint density at radius 1 is 1.32 bits per heavy atom. The van der Waals surface area contributed by atoms with Crippen LogP contribution in [0.4, 0.5) is 0 Å². The number of halogens is 1. The van der Waals surface area contributed by atoms with Gasteiger partial charge in [0, 0.05) is 17.8 Å². The van der Waals surface area contributed by atoms with Gasteiger partial charge in [-0.2, -0.15) is 0 Å². The van der Waals surface area contributed by atoms with Gasteiger partial charge >= 0.3 is 0 Å². The lowest BCUT2D eigenvalue weighted by Gasteiger charge is -2.11. The smallest absolute Gasteiger partial charge is 0.221 e. The van der Waals surface area contributed by atoms with E-state index in [1.165, 1.54) is 0 Å². The zero-order chi connectivity index (χ0) is 13.8. The highest BCUT2D eigenvalue weighted by atomic mass is 35.5. The van der Waals surface area contributed by atoms with Crippen molar-refractivity contribution in [3.05, 3.63) is 47.1 Å². The first-order valence-electron chi connectivity index (χ1n) is 6.26. The van der Waals surface area contributed by atoms with Crippen LogP contribution in [0.2, 0.25) is 5.02 Å². The van der Waals surface area contributed by atoms with Crippen molar-refractivity contribution in [3.8, 4) is 17.0 Å². The van der Waals surface area contributed by atoms with E-state index in [1.54, 1.807) is 6.20 Å². The molecule has 0 bridgehead atoms. The van der Waals surface area contributed by atoms with Gasteiger partial charge in [0.05, 0.1) is 11.6 Å². The number of benzene rings is 1. The first-order chi connectivity index (χ1) is 9.11. The summed E-state index contributed by atoms with van der Waals surface area (Å²) in [6, 6.07) is 9.93. The Bertz CT molecular complexity index is 553. The number of pyridine rings is 1. The van der Waals surface area contributed by atoms with E-state index in [0.717, 1.165) is 16.7 Å². The van der Waals surface area contributed by atoms with Crippen LogP contribution in [0, 0.1) is 0 Å². The standard InChI is InChI=1S/C15H17ClN2O/c1-3-19-15-14(8-13(16)9-18-15)12-6-4-11(5-7-12)10(2)17/h4-10H,3,17H2,1-2H3. The minimum absolute atomic E-state index is 0.0258. The second-order valence-corrected chi connectivity index (χ2v) is 4.79. The lowest BCUT2D eigenvalue weighted by atomic mass is 10.0. The van der Waals surface area contributed by atoms with Crippen LogP contribution in [-0.4, -0.2) is 11.6 Å². The molecule has 2 rings (SSSR count). The SMILES string of the molecule is CCOc1ncc(Cl)cc1-c1ccc(C(C)N)cc1. The highest BCUT2D eigenvalue weighted by Gasteiger charge is 2.09. The number of aromatic nitrogens is 1. The molecule has 1 aromatic heterocycles. The molecular weight excluding hydrogens is 260 g/mol. The molecule has 0 saturated heterocycles. The number of hydrogen-bond acceptors (Lipinski definition) is 3. The van der Waals surface area contributed by atoms with Crippen LogP contribution in [0.15, 0.2) is 36.5 Å². The van der Waals surface area contributed by atoms with E-state index in [-0.39, 0.29) is 6.04 Å². The zero-order valence-electron chi connectivity index (χ0n) is 11.1. The monoisotopic (exact) mass is 276 g/mol. The molecule has 1 atom stereocenters. The fraction of sp³-hybridized carbons (Fsp3) is 0.267. The summed E-state index contributed by atoms with van der Waals surface area (Å²) in [5.74, 6) is 0.598. The minimum atomic E-state index is 0.0258. The van der Waals surface area contributed by atoms with Crippen LogP contribution in [0.25, 0.3) is 11.1 Å². The van der Waals surface area contributed by atoms with Gasteiger partial charge in [-0.3, -0.25) is 0 Å². The van der Waals surface area contributed by atoms with Gasteiger partial charge < -0.3 is 10.5 Å². The van der Waals surface area contributed by atoms with Gasteiger partial charge in [-0.1, -0.05) is 35.9 Å². The summed E-state index contributed by atoms with van der Waals surface area (Å²) in [6.45, 7) is 4.46. The maximum Gasteiger partial charge on any atom is 0.221 e. The highest BCUT2D eigenvalue weighted by Crippen LogP contribution is 2.31. The molecule has 0 amide bonds. The van der Waals surface area contributed by atoms with Crippen molar-refractivity contribution >= 4 is 11.6 Å². The molecule has 4 heteroatoms. The number of hydrogen-bond donors (Lipinski definition) is 1. The lowest BCUT2D eigenvalue weighted by molar-refractivity contribution is 0.328. The number of ether oxygens (including phenoxy) is 1. The predicted octanol–water partition coefficient (Wildman–Crippen LogP) is 3.82. The van der Waals surface area contributed by atoms with Crippen LogP contribution in [0.5, 0.6) is 5.88 Å². The molecule has 0 aliphatic carbocycles. The molecule has 0 saturated carbocycles. The average Bonchev–Trinajstić information content (AvgIpc) is 2.41. The Kier molecular flexibility index (Phi) is 4.40. The highest BCUT2D eigenvalue weighted by molar-refractivity contribution is 6.30. The molecule has 1 unspecified atom stereocenters. The van der Waals surface area contributed by atoms with Crippen molar-refractivity contribution in [2.75, 3.05) is 6.61 Å². The van der Waals surface area contributed by atoms with E-state index in [9.17, 15) is 0 Å². The second-order valence-electron chi connectivity index (χ2n) is 4.35. The van der Waals surface area contributed by atoms with Gasteiger partial charge in [-0.05, 0) is 31.0 Å². The Labute approximate surface area is 118 Å². The Hall–Kier alpha value is -1.58. The molecule has 100 valence electrons. The van der Waals surface area contributed by atoms with E-state index < -0.39 is 0 Å². The average molecular weight is 277 g/mol. The molecular formula is C15H17ClN2O. The van der Waals surface area contributed by atoms with Crippen molar-refractivity contribution in [1.29, 1.82) is 0 Å². The molecule has 3 nitrogen and oxygen atoms in total. The molecule has 2 aromatic rings.